The highest BCUT2D eigenvalue weighted by atomic mass is 79.9. The van der Waals surface area contributed by atoms with Crippen molar-refractivity contribution in [2.45, 2.75) is 18.9 Å². The smallest absolute Gasteiger partial charge is 0.255 e. The number of halogens is 1. The van der Waals surface area contributed by atoms with Crippen molar-refractivity contribution < 1.29 is 9.90 Å². The zero-order valence-corrected chi connectivity index (χ0v) is 10.5. The molecule has 4 heteroatoms. The second kappa shape index (κ2) is 4.97. The van der Waals surface area contributed by atoms with Crippen molar-refractivity contribution in [2.75, 3.05) is 13.1 Å². The maximum absolute atomic E-state index is 12.2. The zero-order valence-electron chi connectivity index (χ0n) is 8.90. The van der Waals surface area contributed by atoms with Crippen molar-refractivity contribution in [3.63, 3.8) is 0 Å². The largest absolute Gasteiger partial charge is 0.391 e. The monoisotopic (exact) mass is 283 g/mol. The van der Waals surface area contributed by atoms with Crippen molar-refractivity contribution >= 4 is 21.8 Å². The van der Waals surface area contributed by atoms with Crippen LogP contribution in [0, 0.1) is 0 Å². The molecule has 0 unspecified atom stereocenters. The average molecular weight is 284 g/mol. The molecule has 0 saturated carbocycles. The van der Waals surface area contributed by atoms with Crippen LogP contribution in [0.4, 0.5) is 0 Å². The van der Waals surface area contributed by atoms with Gasteiger partial charge in [0.1, 0.15) is 0 Å². The van der Waals surface area contributed by atoms with Crippen LogP contribution in [0.15, 0.2) is 28.7 Å². The SMILES string of the molecule is O=C(c1ccccc1Br)N1CCC[C@H](O)C1. The Labute approximate surface area is 103 Å². The number of aliphatic hydroxyl groups excluding tert-OH is 1. The number of rotatable bonds is 1. The molecule has 0 bridgehead atoms. The van der Waals surface area contributed by atoms with E-state index < -0.39 is 0 Å². The van der Waals surface area contributed by atoms with E-state index in [4.69, 9.17) is 0 Å². The number of carbonyl (C=O) groups is 1. The first-order valence-corrected chi connectivity index (χ1v) is 6.19. The fourth-order valence-electron chi connectivity index (χ4n) is 1.94. The highest BCUT2D eigenvalue weighted by Crippen LogP contribution is 2.20. The lowest BCUT2D eigenvalue weighted by Gasteiger charge is -2.30. The Morgan fingerprint density at radius 2 is 2.19 bits per heavy atom. The van der Waals surface area contributed by atoms with E-state index in [0.29, 0.717) is 12.1 Å². The molecule has 16 heavy (non-hydrogen) atoms. The van der Waals surface area contributed by atoms with Crippen LogP contribution in [0.25, 0.3) is 0 Å². The molecule has 1 atom stereocenters. The van der Waals surface area contributed by atoms with Gasteiger partial charge in [-0.05, 0) is 40.9 Å². The molecule has 0 aliphatic carbocycles. The predicted octanol–water partition coefficient (Wildman–Crippen LogP) is 2.05. The van der Waals surface area contributed by atoms with E-state index in [-0.39, 0.29) is 12.0 Å². The van der Waals surface area contributed by atoms with Gasteiger partial charge >= 0.3 is 0 Å². The summed E-state index contributed by atoms with van der Waals surface area (Å²) in [4.78, 5) is 13.9. The molecule has 1 saturated heterocycles. The Bertz CT molecular complexity index is 394. The highest BCUT2D eigenvalue weighted by Gasteiger charge is 2.23. The number of nitrogens with zero attached hydrogens (tertiary/aromatic N) is 1. The molecule has 1 aliphatic heterocycles. The van der Waals surface area contributed by atoms with Gasteiger partial charge in [-0.3, -0.25) is 4.79 Å². The van der Waals surface area contributed by atoms with Crippen LogP contribution in [0.1, 0.15) is 23.2 Å². The van der Waals surface area contributed by atoms with Crippen LogP contribution in [0.5, 0.6) is 0 Å². The molecule has 1 fully saturated rings. The quantitative estimate of drug-likeness (QED) is 0.857. The molecule has 1 aromatic rings. The number of amides is 1. The molecule has 0 aromatic heterocycles. The van der Waals surface area contributed by atoms with E-state index >= 15 is 0 Å². The summed E-state index contributed by atoms with van der Waals surface area (Å²) in [5.41, 5.74) is 0.664. The summed E-state index contributed by atoms with van der Waals surface area (Å²) in [5, 5.41) is 9.54. The van der Waals surface area contributed by atoms with Gasteiger partial charge in [0.05, 0.1) is 11.7 Å². The Morgan fingerprint density at radius 3 is 2.88 bits per heavy atom. The van der Waals surface area contributed by atoms with Gasteiger partial charge in [0.15, 0.2) is 0 Å². The van der Waals surface area contributed by atoms with Crippen molar-refractivity contribution in [1.82, 2.24) is 4.90 Å². The molecule has 1 heterocycles. The van der Waals surface area contributed by atoms with Gasteiger partial charge in [-0.1, -0.05) is 12.1 Å². The van der Waals surface area contributed by atoms with Crippen LogP contribution in [0.2, 0.25) is 0 Å². The Morgan fingerprint density at radius 1 is 1.44 bits per heavy atom. The second-order valence-corrected chi connectivity index (χ2v) is 4.88. The maximum Gasteiger partial charge on any atom is 0.255 e. The summed E-state index contributed by atoms with van der Waals surface area (Å²) in [6.07, 6.45) is 1.29. The lowest BCUT2D eigenvalue weighted by molar-refractivity contribution is 0.0473. The fourth-order valence-corrected chi connectivity index (χ4v) is 2.40. The minimum Gasteiger partial charge on any atom is -0.391 e. The number of carbonyl (C=O) groups excluding carboxylic acids is 1. The molecule has 3 nitrogen and oxygen atoms in total. The number of hydrogen-bond donors (Lipinski definition) is 1. The van der Waals surface area contributed by atoms with Gasteiger partial charge in [-0.15, -0.1) is 0 Å². The van der Waals surface area contributed by atoms with Crippen molar-refractivity contribution in [3.05, 3.63) is 34.3 Å². The topological polar surface area (TPSA) is 40.5 Å². The molecule has 2 rings (SSSR count). The van der Waals surface area contributed by atoms with Crippen LogP contribution < -0.4 is 0 Å². The summed E-state index contributed by atoms with van der Waals surface area (Å²) < 4.78 is 0.806. The minimum atomic E-state index is -0.375. The minimum absolute atomic E-state index is 0.00812. The van der Waals surface area contributed by atoms with Gasteiger partial charge in [0.25, 0.3) is 5.91 Å². The van der Waals surface area contributed by atoms with E-state index in [9.17, 15) is 9.90 Å². The molecule has 1 amide bonds. The predicted molar refractivity (Wildman–Crippen MR) is 65.3 cm³/mol. The van der Waals surface area contributed by atoms with Crippen LogP contribution in [0.3, 0.4) is 0 Å². The van der Waals surface area contributed by atoms with Crippen LogP contribution >= 0.6 is 15.9 Å². The number of benzene rings is 1. The van der Waals surface area contributed by atoms with E-state index in [2.05, 4.69) is 15.9 Å². The van der Waals surface area contributed by atoms with E-state index in [1.165, 1.54) is 0 Å². The first-order valence-electron chi connectivity index (χ1n) is 5.40. The Balaban J connectivity index is 2.16. The summed E-state index contributed by atoms with van der Waals surface area (Å²) in [5.74, 6) is -0.00812. The van der Waals surface area contributed by atoms with Crippen molar-refractivity contribution in [2.24, 2.45) is 0 Å². The van der Waals surface area contributed by atoms with E-state index in [0.717, 1.165) is 23.9 Å². The summed E-state index contributed by atoms with van der Waals surface area (Å²) in [7, 11) is 0. The van der Waals surface area contributed by atoms with Crippen LogP contribution in [-0.2, 0) is 0 Å². The van der Waals surface area contributed by atoms with Crippen LogP contribution in [-0.4, -0.2) is 35.1 Å². The van der Waals surface area contributed by atoms with Gasteiger partial charge in [0, 0.05) is 17.6 Å². The molecule has 1 aliphatic rings. The second-order valence-electron chi connectivity index (χ2n) is 4.03. The highest BCUT2D eigenvalue weighted by molar-refractivity contribution is 9.10. The van der Waals surface area contributed by atoms with Crippen molar-refractivity contribution in [3.8, 4) is 0 Å². The Hall–Kier alpha value is -0.870. The molecule has 86 valence electrons. The zero-order chi connectivity index (χ0) is 11.5. The first-order chi connectivity index (χ1) is 7.68. The molecular formula is C12H14BrNO2. The third-order valence-electron chi connectivity index (χ3n) is 2.79. The Kier molecular flexibility index (Phi) is 3.61. The van der Waals surface area contributed by atoms with E-state index in [1.54, 1.807) is 11.0 Å². The summed E-state index contributed by atoms with van der Waals surface area (Å²) >= 11 is 3.37. The fraction of sp³-hybridized carbons (Fsp3) is 0.417. The standard InChI is InChI=1S/C12H14BrNO2/c13-11-6-2-1-5-10(11)12(16)14-7-3-4-9(15)8-14/h1-2,5-6,9,15H,3-4,7-8H2/t9-/m0/s1. The maximum atomic E-state index is 12.2. The number of hydrogen-bond acceptors (Lipinski definition) is 2. The third kappa shape index (κ3) is 2.44. The third-order valence-corrected chi connectivity index (χ3v) is 3.48. The van der Waals surface area contributed by atoms with Gasteiger partial charge in [-0.25, -0.2) is 0 Å². The number of β-amino-alcohol motifs (C(OH)–C–C–N with tert-alkyl or cyclic N) is 1. The normalized spacial score (nSPS) is 20.9. The average Bonchev–Trinajstić information content (AvgIpc) is 2.29. The van der Waals surface area contributed by atoms with Gasteiger partial charge < -0.3 is 10.0 Å². The van der Waals surface area contributed by atoms with Gasteiger partial charge in [-0.2, -0.15) is 0 Å². The molecule has 0 spiro atoms. The number of aliphatic hydroxyl groups is 1. The van der Waals surface area contributed by atoms with Crippen molar-refractivity contribution in [1.29, 1.82) is 0 Å². The lowest BCUT2D eigenvalue weighted by Crippen LogP contribution is -2.42. The molecule has 1 aromatic carbocycles. The van der Waals surface area contributed by atoms with Gasteiger partial charge in [0.2, 0.25) is 0 Å². The molecule has 0 radical (unpaired) electrons. The molecule has 1 N–H and O–H groups in total. The number of piperidine rings is 1. The summed E-state index contributed by atoms with van der Waals surface area (Å²) in [6, 6.07) is 7.38. The first kappa shape index (κ1) is 11.6. The van der Waals surface area contributed by atoms with E-state index in [1.807, 2.05) is 18.2 Å². The molecular weight excluding hydrogens is 270 g/mol. The number of likely N-dealkylation sites (tertiary alicyclic amines) is 1. The lowest BCUT2D eigenvalue weighted by atomic mass is 10.1. The summed E-state index contributed by atoms with van der Waals surface area (Å²) in [6.45, 7) is 1.18.